The summed E-state index contributed by atoms with van der Waals surface area (Å²) >= 11 is 0. The van der Waals surface area contributed by atoms with Gasteiger partial charge in [-0.2, -0.15) is 0 Å². The van der Waals surface area contributed by atoms with Gasteiger partial charge in [-0.1, -0.05) is 0 Å². The van der Waals surface area contributed by atoms with Gasteiger partial charge in [-0.3, -0.25) is 19.4 Å². The summed E-state index contributed by atoms with van der Waals surface area (Å²) in [6.07, 6.45) is -3.25. The van der Waals surface area contributed by atoms with Crippen molar-refractivity contribution in [3.8, 4) is 0 Å². The summed E-state index contributed by atoms with van der Waals surface area (Å²) in [5.74, 6) is -13.1. The topological polar surface area (TPSA) is 57.7 Å². The number of rotatable bonds is 8. The van der Waals surface area contributed by atoms with Crippen LogP contribution in [-0.4, -0.2) is 40.7 Å². The summed E-state index contributed by atoms with van der Waals surface area (Å²) in [5.41, 5.74) is -1.48. The van der Waals surface area contributed by atoms with Gasteiger partial charge >= 0.3 is 6.03 Å². The van der Waals surface area contributed by atoms with Crippen molar-refractivity contribution < 1.29 is 45.1 Å². The van der Waals surface area contributed by atoms with Crippen LogP contribution in [0.3, 0.4) is 0 Å². The van der Waals surface area contributed by atoms with Crippen LogP contribution in [0, 0.1) is 24.4 Å². The van der Waals surface area contributed by atoms with E-state index in [1.807, 2.05) is 0 Å². The van der Waals surface area contributed by atoms with Gasteiger partial charge in [-0.05, 0) is 42.8 Å². The van der Waals surface area contributed by atoms with Gasteiger partial charge in [0.1, 0.15) is 23.9 Å². The first-order valence-electron chi connectivity index (χ1n) is 10.3. The highest BCUT2D eigenvalue weighted by Gasteiger charge is 2.42. The predicted octanol–water partition coefficient (Wildman–Crippen LogP) is 5.26. The van der Waals surface area contributed by atoms with E-state index < -0.39 is 90.6 Å². The SMILES string of the molecule is Cc1cc(F)cc(C(F)(F)CCN2C(=O)CC(=O)N(CCC(F)(F)c3cc(F)cc(F)c3)C2=O)c1. The quantitative estimate of drug-likeness (QED) is 0.364. The lowest BCUT2D eigenvalue weighted by Crippen LogP contribution is -2.56. The second kappa shape index (κ2) is 9.67. The Kier molecular flexibility index (Phi) is 7.23. The van der Waals surface area contributed by atoms with Gasteiger partial charge in [0.05, 0.1) is 0 Å². The molecule has 12 heteroatoms. The molecular formula is C23H19F7N2O3. The highest BCUT2D eigenvalue weighted by Crippen LogP contribution is 2.35. The predicted molar refractivity (Wildman–Crippen MR) is 108 cm³/mol. The second-order valence-electron chi connectivity index (χ2n) is 8.13. The van der Waals surface area contributed by atoms with E-state index in [0.717, 1.165) is 12.1 Å². The van der Waals surface area contributed by atoms with Crippen LogP contribution in [-0.2, 0) is 21.4 Å². The van der Waals surface area contributed by atoms with E-state index in [2.05, 4.69) is 0 Å². The molecule has 0 aliphatic carbocycles. The van der Waals surface area contributed by atoms with Crippen molar-refractivity contribution >= 4 is 17.8 Å². The number of carbonyl (C=O) groups excluding carboxylic acids is 3. The summed E-state index contributed by atoms with van der Waals surface area (Å²) in [6, 6.07) is 2.50. The summed E-state index contributed by atoms with van der Waals surface area (Å²) in [6.45, 7) is -0.403. The third-order valence-corrected chi connectivity index (χ3v) is 5.41. The molecule has 3 rings (SSSR count). The molecule has 2 aromatic rings. The number of amides is 4. The monoisotopic (exact) mass is 504 g/mol. The van der Waals surface area contributed by atoms with Crippen molar-refractivity contribution in [3.63, 3.8) is 0 Å². The van der Waals surface area contributed by atoms with Crippen LogP contribution in [0.15, 0.2) is 36.4 Å². The van der Waals surface area contributed by atoms with Crippen molar-refractivity contribution in [3.05, 3.63) is 70.5 Å². The molecule has 0 saturated carbocycles. The molecule has 1 heterocycles. The molecule has 0 aromatic heterocycles. The van der Waals surface area contributed by atoms with E-state index in [4.69, 9.17) is 0 Å². The molecule has 1 aliphatic heterocycles. The second-order valence-corrected chi connectivity index (χ2v) is 8.13. The number of aryl methyl sites for hydroxylation is 1. The third kappa shape index (κ3) is 5.98. The van der Waals surface area contributed by atoms with Gasteiger partial charge in [-0.25, -0.2) is 35.5 Å². The van der Waals surface area contributed by atoms with Crippen molar-refractivity contribution in [1.29, 1.82) is 0 Å². The molecule has 0 unspecified atom stereocenters. The molecule has 35 heavy (non-hydrogen) atoms. The lowest BCUT2D eigenvalue weighted by atomic mass is 10.0. The molecule has 0 radical (unpaired) electrons. The van der Waals surface area contributed by atoms with Crippen LogP contribution in [0.25, 0.3) is 0 Å². The summed E-state index contributed by atoms with van der Waals surface area (Å²) in [5, 5.41) is 0. The van der Waals surface area contributed by atoms with Gasteiger partial charge in [0.2, 0.25) is 11.8 Å². The fourth-order valence-corrected chi connectivity index (χ4v) is 3.63. The van der Waals surface area contributed by atoms with Crippen molar-refractivity contribution in [1.82, 2.24) is 9.80 Å². The number of alkyl halides is 4. The van der Waals surface area contributed by atoms with Crippen LogP contribution in [0.2, 0.25) is 0 Å². The standard InChI is InChI=1S/C23H19F7N2O3/c1-13-6-14(8-16(24)7-13)22(27,28)2-4-31-19(33)12-20(34)32(21(31)35)5-3-23(29,30)15-9-17(25)11-18(26)10-15/h6-11H,2-5,12H2,1H3. The minimum Gasteiger partial charge on any atom is -0.274 e. The molecule has 5 nitrogen and oxygen atoms in total. The zero-order chi connectivity index (χ0) is 26.1. The van der Waals surface area contributed by atoms with Crippen molar-refractivity contribution in [2.24, 2.45) is 0 Å². The normalized spacial score (nSPS) is 15.3. The third-order valence-electron chi connectivity index (χ3n) is 5.41. The molecular weight excluding hydrogens is 485 g/mol. The Hall–Kier alpha value is -3.44. The number of carbonyl (C=O) groups is 3. The molecule has 2 aromatic carbocycles. The number of halogens is 7. The average molecular weight is 504 g/mol. The van der Waals surface area contributed by atoms with Crippen LogP contribution < -0.4 is 0 Å². The number of urea groups is 1. The maximum Gasteiger partial charge on any atom is 0.333 e. The van der Waals surface area contributed by atoms with Crippen LogP contribution in [0.4, 0.5) is 35.5 Å². The largest absolute Gasteiger partial charge is 0.333 e. The smallest absolute Gasteiger partial charge is 0.274 e. The van der Waals surface area contributed by atoms with E-state index in [1.165, 1.54) is 6.92 Å². The van der Waals surface area contributed by atoms with Crippen molar-refractivity contribution in [2.75, 3.05) is 13.1 Å². The summed E-state index contributed by atoms with van der Waals surface area (Å²) < 4.78 is 98.2. The molecule has 1 saturated heterocycles. The minimum atomic E-state index is -3.85. The van der Waals surface area contributed by atoms with Gasteiger partial charge in [0, 0.05) is 43.1 Å². The van der Waals surface area contributed by atoms with Gasteiger partial charge in [0.25, 0.3) is 11.8 Å². The zero-order valence-corrected chi connectivity index (χ0v) is 18.3. The fraction of sp³-hybridized carbons (Fsp3) is 0.348. The number of barbiturate groups is 1. The van der Waals surface area contributed by atoms with Crippen LogP contribution >= 0.6 is 0 Å². The first-order chi connectivity index (χ1) is 16.2. The Balaban J connectivity index is 1.71. The number of hydrogen-bond donors (Lipinski definition) is 0. The Bertz CT molecular complexity index is 1040. The Morgan fingerprint density at radius 2 is 1.09 bits per heavy atom. The van der Waals surface area contributed by atoms with Gasteiger partial charge < -0.3 is 0 Å². The molecule has 0 N–H and O–H groups in total. The molecule has 1 fully saturated rings. The molecule has 4 amide bonds. The van der Waals surface area contributed by atoms with E-state index >= 15 is 0 Å². The average Bonchev–Trinajstić information content (AvgIpc) is 2.71. The molecule has 0 atom stereocenters. The fourth-order valence-electron chi connectivity index (χ4n) is 3.63. The molecule has 1 aliphatic rings. The van der Waals surface area contributed by atoms with Crippen LogP contribution in [0.1, 0.15) is 36.0 Å². The Morgan fingerprint density at radius 3 is 1.51 bits per heavy atom. The zero-order valence-electron chi connectivity index (χ0n) is 18.3. The Morgan fingerprint density at radius 1 is 0.686 bits per heavy atom. The Labute approximate surface area is 195 Å². The first-order valence-corrected chi connectivity index (χ1v) is 10.3. The van der Waals surface area contributed by atoms with E-state index in [9.17, 15) is 45.1 Å². The lowest BCUT2D eigenvalue weighted by Gasteiger charge is -2.34. The van der Waals surface area contributed by atoms with E-state index in [-0.39, 0.29) is 5.56 Å². The van der Waals surface area contributed by atoms with E-state index in [0.29, 0.717) is 34.1 Å². The maximum atomic E-state index is 14.6. The van der Waals surface area contributed by atoms with Crippen LogP contribution in [0.5, 0.6) is 0 Å². The van der Waals surface area contributed by atoms with Gasteiger partial charge in [-0.15, -0.1) is 0 Å². The van der Waals surface area contributed by atoms with E-state index in [1.54, 1.807) is 0 Å². The summed E-state index contributed by atoms with van der Waals surface area (Å²) in [4.78, 5) is 37.5. The number of benzene rings is 2. The molecule has 188 valence electrons. The first kappa shape index (κ1) is 26.2. The lowest BCUT2D eigenvalue weighted by molar-refractivity contribution is -0.143. The van der Waals surface area contributed by atoms with Crippen molar-refractivity contribution in [2.45, 2.75) is 38.0 Å². The highest BCUT2D eigenvalue weighted by molar-refractivity contribution is 6.14. The molecule has 0 spiro atoms. The number of nitrogens with zero attached hydrogens (tertiary/aromatic N) is 2. The molecule has 0 bridgehead atoms. The number of imide groups is 2. The van der Waals surface area contributed by atoms with Gasteiger partial charge in [0.15, 0.2) is 0 Å². The summed E-state index contributed by atoms with van der Waals surface area (Å²) in [7, 11) is 0. The number of hydrogen-bond acceptors (Lipinski definition) is 3. The maximum absolute atomic E-state index is 14.6. The highest BCUT2D eigenvalue weighted by atomic mass is 19.3. The minimum absolute atomic E-state index is 0.223.